The zero-order valence-electron chi connectivity index (χ0n) is 16.4. The average Bonchev–Trinajstić information content (AvgIpc) is 2.59. The topological polar surface area (TPSA) is 81.7 Å². The Hall–Kier alpha value is -2.11. The number of amides is 1. The smallest absolute Gasteiger partial charge is 0.333 e. The molecule has 1 N–H and O–H groups in total. The summed E-state index contributed by atoms with van der Waals surface area (Å²) >= 11 is 0. The summed E-state index contributed by atoms with van der Waals surface area (Å²) in [5.74, 6) is -1.62. The highest BCUT2D eigenvalue weighted by atomic mass is 16.5. The first-order valence-corrected chi connectivity index (χ1v) is 9.19. The van der Waals surface area contributed by atoms with E-state index in [1.165, 1.54) is 19.3 Å². The molecule has 148 valence electrons. The molecule has 0 heterocycles. The van der Waals surface area contributed by atoms with Crippen molar-refractivity contribution in [2.45, 2.75) is 59.3 Å². The summed E-state index contributed by atoms with van der Waals surface area (Å²) in [6.07, 6.45) is 5.69. The van der Waals surface area contributed by atoms with Gasteiger partial charge in [-0.2, -0.15) is 0 Å². The monoisotopic (exact) mass is 367 g/mol. The number of carbonyl (C=O) groups excluding carboxylic acids is 3. The van der Waals surface area contributed by atoms with Gasteiger partial charge in [0, 0.05) is 30.0 Å². The minimum atomic E-state index is -0.530. The fourth-order valence-corrected chi connectivity index (χ4v) is 2.09. The molecule has 0 aromatic heterocycles. The molecule has 26 heavy (non-hydrogen) atoms. The molecule has 0 aromatic carbocycles. The lowest BCUT2D eigenvalue weighted by Gasteiger charge is -2.17. The van der Waals surface area contributed by atoms with Gasteiger partial charge < -0.3 is 14.8 Å². The van der Waals surface area contributed by atoms with E-state index in [1.807, 2.05) is 0 Å². The number of hydrogen-bond acceptors (Lipinski definition) is 5. The Balaban J connectivity index is 4.36. The summed E-state index contributed by atoms with van der Waals surface area (Å²) < 4.78 is 10.2. The molecule has 0 atom stereocenters. The van der Waals surface area contributed by atoms with Crippen molar-refractivity contribution in [2.75, 3.05) is 19.8 Å². The zero-order chi connectivity index (χ0) is 19.9. The number of ether oxygens (including phenoxy) is 2. The molecule has 0 aliphatic carbocycles. The molecular weight excluding hydrogens is 334 g/mol. The Labute approximate surface area is 157 Å². The van der Waals surface area contributed by atoms with E-state index >= 15 is 0 Å². The Morgan fingerprint density at radius 3 is 1.85 bits per heavy atom. The summed E-state index contributed by atoms with van der Waals surface area (Å²) in [5.41, 5.74) is 0.554. The third-order valence-electron chi connectivity index (χ3n) is 3.67. The predicted molar refractivity (Wildman–Crippen MR) is 101 cm³/mol. The Morgan fingerprint density at radius 2 is 1.38 bits per heavy atom. The Morgan fingerprint density at radius 1 is 0.885 bits per heavy atom. The second-order valence-electron chi connectivity index (χ2n) is 6.59. The second kappa shape index (κ2) is 14.1. The largest absolute Gasteiger partial charge is 0.462 e. The summed E-state index contributed by atoms with van der Waals surface area (Å²) in [5, 5.41) is 2.86. The maximum atomic E-state index is 12.1. The standard InChI is InChI=1S/C20H33NO5/c1-6-7-8-9-10-11-21-18(22)12-17(13-25-19(23)15(2)3)14-26-20(24)16(4)5/h17H,2,4,6-14H2,1,3,5H3,(H,21,22). The highest BCUT2D eigenvalue weighted by molar-refractivity contribution is 5.87. The molecule has 0 bridgehead atoms. The third kappa shape index (κ3) is 12.3. The molecule has 0 saturated carbocycles. The first kappa shape index (κ1) is 23.9. The molecule has 6 nitrogen and oxygen atoms in total. The van der Waals surface area contributed by atoms with E-state index in [2.05, 4.69) is 25.4 Å². The van der Waals surface area contributed by atoms with Crippen LogP contribution in [0.25, 0.3) is 0 Å². The first-order valence-electron chi connectivity index (χ1n) is 9.19. The van der Waals surface area contributed by atoms with Crippen LogP contribution in [0.4, 0.5) is 0 Å². The fraction of sp³-hybridized carbons (Fsp3) is 0.650. The van der Waals surface area contributed by atoms with Crippen LogP contribution in [0.2, 0.25) is 0 Å². The van der Waals surface area contributed by atoms with Crippen LogP contribution in [0.3, 0.4) is 0 Å². The van der Waals surface area contributed by atoms with Crippen LogP contribution < -0.4 is 5.32 Å². The van der Waals surface area contributed by atoms with Gasteiger partial charge in [-0.1, -0.05) is 45.8 Å². The quantitative estimate of drug-likeness (QED) is 0.289. The molecule has 0 rings (SSSR count). The van der Waals surface area contributed by atoms with Crippen LogP contribution in [-0.2, 0) is 23.9 Å². The van der Waals surface area contributed by atoms with Gasteiger partial charge in [-0.15, -0.1) is 0 Å². The minimum Gasteiger partial charge on any atom is -0.462 e. The van der Waals surface area contributed by atoms with Crippen molar-refractivity contribution < 1.29 is 23.9 Å². The maximum Gasteiger partial charge on any atom is 0.333 e. The Kier molecular flexibility index (Phi) is 13.0. The van der Waals surface area contributed by atoms with Gasteiger partial charge >= 0.3 is 11.9 Å². The van der Waals surface area contributed by atoms with Crippen molar-refractivity contribution >= 4 is 17.8 Å². The molecule has 0 fully saturated rings. The van der Waals surface area contributed by atoms with Crippen molar-refractivity contribution in [2.24, 2.45) is 5.92 Å². The normalized spacial score (nSPS) is 10.3. The summed E-state index contributed by atoms with van der Waals surface area (Å²) in [7, 11) is 0. The molecule has 0 unspecified atom stereocenters. The molecule has 0 spiro atoms. The molecular formula is C20H33NO5. The second-order valence-corrected chi connectivity index (χ2v) is 6.59. The lowest BCUT2D eigenvalue weighted by molar-refractivity contribution is -0.145. The molecule has 0 aliphatic rings. The summed E-state index contributed by atoms with van der Waals surface area (Å²) in [4.78, 5) is 35.1. The van der Waals surface area contributed by atoms with Crippen molar-refractivity contribution in [3.05, 3.63) is 24.3 Å². The molecule has 0 aromatic rings. The summed E-state index contributed by atoms with van der Waals surface area (Å²) in [6, 6.07) is 0. The van der Waals surface area contributed by atoms with Crippen molar-refractivity contribution in [1.29, 1.82) is 0 Å². The molecule has 0 radical (unpaired) electrons. The highest BCUT2D eigenvalue weighted by Crippen LogP contribution is 2.09. The van der Waals surface area contributed by atoms with E-state index in [9.17, 15) is 14.4 Å². The van der Waals surface area contributed by atoms with Gasteiger partial charge in [-0.25, -0.2) is 9.59 Å². The van der Waals surface area contributed by atoms with Crippen LogP contribution in [0.5, 0.6) is 0 Å². The number of carbonyl (C=O) groups is 3. The van der Waals surface area contributed by atoms with E-state index in [-0.39, 0.29) is 36.7 Å². The van der Waals surface area contributed by atoms with Crippen LogP contribution in [0, 0.1) is 5.92 Å². The van der Waals surface area contributed by atoms with Gasteiger partial charge in [0.1, 0.15) is 0 Å². The molecule has 0 saturated heterocycles. The zero-order valence-corrected chi connectivity index (χ0v) is 16.4. The average molecular weight is 367 g/mol. The van der Waals surface area contributed by atoms with Crippen LogP contribution in [-0.4, -0.2) is 37.6 Å². The third-order valence-corrected chi connectivity index (χ3v) is 3.67. The SMILES string of the molecule is C=C(C)C(=O)OCC(COC(=O)C(=C)C)CC(=O)NCCCCCCC. The number of hydrogen-bond donors (Lipinski definition) is 1. The number of rotatable bonds is 14. The van der Waals surface area contributed by atoms with Crippen LogP contribution >= 0.6 is 0 Å². The van der Waals surface area contributed by atoms with Gasteiger partial charge in [0.25, 0.3) is 0 Å². The lowest BCUT2D eigenvalue weighted by atomic mass is 10.1. The van der Waals surface area contributed by atoms with E-state index in [0.29, 0.717) is 6.54 Å². The summed E-state index contributed by atoms with van der Waals surface area (Å²) in [6.45, 7) is 12.9. The van der Waals surface area contributed by atoms with Crippen molar-refractivity contribution in [3.63, 3.8) is 0 Å². The predicted octanol–water partition coefficient (Wildman–Crippen LogP) is 3.32. The van der Waals surface area contributed by atoms with Gasteiger partial charge in [0.05, 0.1) is 13.2 Å². The van der Waals surface area contributed by atoms with Gasteiger partial charge in [-0.3, -0.25) is 4.79 Å². The molecule has 1 amide bonds. The van der Waals surface area contributed by atoms with E-state index in [4.69, 9.17) is 9.47 Å². The lowest BCUT2D eigenvalue weighted by Crippen LogP contribution is -2.30. The van der Waals surface area contributed by atoms with Crippen LogP contribution in [0.1, 0.15) is 59.3 Å². The van der Waals surface area contributed by atoms with E-state index < -0.39 is 17.9 Å². The molecule has 0 aliphatic heterocycles. The highest BCUT2D eigenvalue weighted by Gasteiger charge is 2.19. The van der Waals surface area contributed by atoms with E-state index in [0.717, 1.165) is 12.8 Å². The minimum absolute atomic E-state index is 0.0148. The number of esters is 2. The number of unbranched alkanes of at least 4 members (excludes halogenated alkanes) is 4. The van der Waals surface area contributed by atoms with Gasteiger partial charge in [0.15, 0.2) is 0 Å². The van der Waals surface area contributed by atoms with Crippen LogP contribution in [0.15, 0.2) is 24.3 Å². The van der Waals surface area contributed by atoms with Crippen molar-refractivity contribution in [1.82, 2.24) is 5.32 Å². The first-order chi connectivity index (χ1) is 12.3. The van der Waals surface area contributed by atoms with E-state index in [1.54, 1.807) is 13.8 Å². The Bertz CT molecular complexity index is 468. The van der Waals surface area contributed by atoms with Crippen molar-refractivity contribution in [3.8, 4) is 0 Å². The maximum absolute atomic E-state index is 12.1. The number of nitrogens with one attached hydrogen (secondary N) is 1. The van der Waals surface area contributed by atoms with Gasteiger partial charge in [0.2, 0.25) is 5.91 Å². The fourth-order valence-electron chi connectivity index (χ4n) is 2.09. The van der Waals surface area contributed by atoms with Gasteiger partial charge in [-0.05, 0) is 20.3 Å². The molecule has 6 heteroatoms.